The Bertz CT molecular complexity index is 1030. The Kier molecular flexibility index (Phi) is 7.65. The molecule has 1 fully saturated rings. The molecule has 1 saturated carbocycles. The zero-order valence-electron chi connectivity index (χ0n) is 20.3. The number of sulfonamides is 1. The maximum absolute atomic E-state index is 13.0. The summed E-state index contributed by atoms with van der Waals surface area (Å²) in [6, 6.07) is 4.90. The second-order valence-electron chi connectivity index (χ2n) is 10.7. The third-order valence-electron chi connectivity index (χ3n) is 7.27. The molecule has 0 spiro atoms. The van der Waals surface area contributed by atoms with Crippen molar-refractivity contribution in [2.75, 3.05) is 0 Å². The van der Waals surface area contributed by atoms with Gasteiger partial charge in [0, 0.05) is 12.1 Å². The molecule has 1 aromatic carbocycles. The Morgan fingerprint density at radius 1 is 1.12 bits per heavy atom. The minimum Gasteiger partial charge on any atom is -0.410 e. The van der Waals surface area contributed by atoms with Crippen LogP contribution in [0.15, 0.2) is 45.2 Å². The van der Waals surface area contributed by atoms with E-state index in [2.05, 4.69) is 44.3 Å². The first-order chi connectivity index (χ1) is 15.3. The van der Waals surface area contributed by atoms with E-state index in [4.69, 9.17) is 4.43 Å². The van der Waals surface area contributed by atoms with Crippen molar-refractivity contribution in [3.63, 3.8) is 0 Å². The maximum Gasteiger partial charge on any atom is 0.282 e. The molecule has 3 rings (SSSR count). The molecule has 2 aliphatic carbocycles. The fraction of sp³-hybridized carbons (Fsp3) is 0.625. The van der Waals surface area contributed by atoms with Gasteiger partial charge in [0.2, 0.25) is 0 Å². The number of benzene rings is 1. The van der Waals surface area contributed by atoms with Crippen molar-refractivity contribution >= 4 is 29.7 Å². The largest absolute Gasteiger partial charge is 0.410 e. The third-order valence-corrected chi connectivity index (χ3v) is 13.1. The van der Waals surface area contributed by atoms with Crippen LogP contribution in [-0.4, -0.2) is 33.5 Å². The molecule has 0 heterocycles. The van der Waals surface area contributed by atoms with E-state index in [1.165, 1.54) is 43.5 Å². The Morgan fingerprint density at radius 3 is 2.27 bits per heavy atom. The molecule has 1 atom stereocenters. The highest BCUT2D eigenvalue weighted by molar-refractivity contribution is 7.90. The highest BCUT2D eigenvalue weighted by Crippen LogP contribution is 2.42. The Labute approximate surface area is 198 Å². The van der Waals surface area contributed by atoms with Crippen LogP contribution >= 0.6 is 0 Å². The number of nitro benzene ring substituents is 1. The Morgan fingerprint density at radius 2 is 1.73 bits per heavy atom. The first-order valence-electron chi connectivity index (χ1n) is 11.8. The van der Waals surface area contributed by atoms with E-state index in [-0.39, 0.29) is 21.7 Å². The molecule has 9 heteroatoms. The molecule has 2 aliphatic rings. The lowest BCUT2D eigenvalue weighted by molar-refractivity contribution is -0.384. The average Bonchev–Trinajstić information content (AvgIpc) is 3.19. The number of nitrogens with zero attached hydrogens (tertiary/aromatic N) is 2. The zero-order chi connectivity index (χ0) is 24.4. The van der Waals surface area contributed by atoms with Gasteiger partial charge in [0.25, 0.3) is 15.7 Å². The van der Waals surface area contributed by atoms with Gasteiger partial charge in [-0.05, 0) is 67.4 Å². The van der Waals surface area contributed by atoms with Gasteiger partial charge < -0.3 is 4.43 Å². The molecule has 1 unspecified atom stereocenters. The van der Waals surface area contributed by atoms with Gasteiger partial charge in [-0.15, -0.1) is 0 Å². The summed E-state index contributed by atoms with van der Waals surface area (Å²) in [7, 11) is -6.07. The lowest BCUT2D eigenvalue weighted by Gasteiger charge is -2.43. The average molecular weight is 493 g/mol. The summed E-state index contributed by atoms with van der Waals surface area (Å²) in [6.07, 6.45) is 9.01. The lowest BCUT2D eigenvalue weighted by atomic mass is 9.82. The first kappa shape index (κ1) is 25.8. The maximum atomic E-state index is 13.0. The molecule has 0 radical (unpaired) electrons. The number of non-ortho nitro benzene ring substituents is 1. The number of hydrogen-bond acceptors (Lipinski definition) is 5. The minimum atomic E-state index is -3.98. The van der Waals surface area contributed by atoms with Gasteiger partial charge in [0.05, 0.1) is 21.6 Å². The second kappa shape index (κ2) is 9.80. The fourth-order valence-electron chi connectivity index (χ4n) is 4.29. The minimum absolute atomic E-state index is 0.0358. The van der Waals surface area contributed by atoms with Crippen molar-refractivity contribution in [2.45, 2.75) is 94.8 Å². The summed E-state index contributed by atoms with van der Waals surface area (Å²) in [5.74, 6) is 0.365. The standard InChI is InChI=1S/C24H36N2O5SSi/c1-24(2,3)33(4,5)31-23(18-10-7-6-8-11-18)21-12-9-13-22(21)25-32(29,30)20-16-14-19(15-17-20)26(27)28/h12,14-18,23H,6-11,13H2,1-5H3/b25-22+. The van der Waals surface area contributed by atoms with Gasteiger partial charge in [-0.1, -0.05) is 46.1 Å². The normalized spacial score (nSPS) is 20.6. The van der Waals surface area contributed by atoms with Crippen molar-refractivity contribution in [3.05, 3.63) is 46.0 Å². The first-order valence-corrected chi connectivity index (χ1v) is 16.1. The molecular weight excluding hydrogens is 456 g/mol. The van der Waals surface area contributed by atoms with Crippen LogP contribution in [0.2, 0.25) is 18.1 Å². The fourth-order valence-corrected chi connectivity index (χ4v) is 6.67. The molecule has 0 aromatic heterocycles. The SMILES string of the molecule is CC(C)(C)[Si](C)(C)OC(C1=CCC/C1=N\S(=O)(=O)c1ccc([N+](=O)[O-])cc1)C1CCCCC1. The van der Waals surface area contributed by atoms with Crippen LogP contribution in [0, 0.1) is 16.0 Å². The van der Waals surface area contributed by atoms with E-state index in [0.29, 0.717) is 18.1 Å². The summed E-state index contributed by atoms with van der Waals surface area (Å²) in [4.78, 5) is 10.3. The van der Waals surface area contributed by atoms with Crippen molar-refractivity contribution in [1.29, 1.82) is 0 Å². The smallest absolute Gasteiger partial charge is 0.282 e. The molecular formula is C24H36N2O5SSi. The van der Waals surface area contributed by atoms with Crippen molar-refractivity contribution in [2.24, 2.45) is 10.3 Å². The topological polar surface area (TPSA) is 98.9 Å². The molecule has 7 nitrogen and oxygen atoms in total. The van der Waals surface area contributed by atoms with Crippen molar-refractivity contribution in [1.82, 2.24) is 0 Å². The van der Waals surface area contributed by atoms with Gasteiger partial charge in [0.15, 0.2) is 8.32 Å². The van der Waals surface area contributed by atoms with Gasteiger partial charge in [-0.25, -0.2) is 0 Å². The van der Waals surface area contributed by atoms with E-state index < -0.39 is 23.3 Å². The molecule has 0 N–H and O–H groups in total. The van der Waals surface area contributed by atoms with Gasteiger partial charge >= 0.3 is 0 Å². The van der Waals surface area contributed by atoms with Crippen LogP contribution in [0.25, 0.3) is 0 Å². The van der Waals surface area contributed by atoms with E-state index in [1.807, 2.05) is 0 Å². The van der Waals surface area contributed by atoms with Crippen LogP contribution < -0.4 is 0 Å². The highest BCUT2D eigenvalue weighted by atomic mass is 32.2. The summed E-state index contributed by atoms with van der Waals surface area (Å²) in [6.45, 7) is 11.1. The zero-order valence-corrected chi connectivity index (χ0v) is 22.2. The van der Waals surface area contributed by atoms with Crippen molar-refractivity contribution in [3.8, 4) is 0 Å². The predicted octanol–water partition coefficient (Wildman–Crippen LogP) is 6.42. The van der Waals surface area contributed by atoms with Crippen LogP contribution in [0.1, 0.15) is 65.7 Å². The van der Waals surface area contributed by atoms with Gasteiger partial charge in [0.1, 0.15) is 0 Å². The number of nitro groups is 1. The molecule has 0 amide bonds. The Balaban J connectivity index is 1.95. The molecule has 1 aromatic rings. The molecule has 182 valence electrons. The lowest BCUT2D eigenvalue weighted by Crippen LogP contribution is -2.47. The van der Waals surface area contributed by atoms with E-state index in [0.717, 1.165) is 24.8 Å². The summed E-state index contributed by atoms with van der Waals surface area (Å²) >= 11 is 0. The molecule has 0 aliphatic heterocycles. The van der Waals surface area contributed by atoms with E-state index in [9.17, 15) is 18.5 Å². The third kappa shape index (κ3) is 5.99. The van der Waals surface area contributed by atoms with Gasteiger partial charge in [-0.3, -0.25) is 10.1 Å². The number of hydrogen-bond donors (Lipinski definition) is 0. The van der Waals surface area contributed by atoms with Gasteiger partial charge in [-0.2, -0.15) is 12.8 Å². The van der Waals surface area contributed by atoms with Crippen LogP contribution in [0.5, 0.6) is 0 Å². The van der Waals surface area contributed by atoms with E-state index >= 15 is 0 Å². The second-order valence-corrected chi connectivity index (χ2v) is 17.0. The molecule has 33 heavy (non-hydrogen) atoms. The molecule has 0 saturated heterocycles. The monoisotopic (exact) mass is 492 g/mol. The summed E-state index contributed by atoms with van der Waals surface area (Å²) in [5, 5.41) is 10.9. The van der Waals surface area contributed by atoms with Crippen LogP contribution in [0.4, 0.5) is 5.69 Å². The number of rotatable bonds is 7. The van der Waals surface area contributed by atoms with Crippen LogP contribution in [-0.2, 0) is 14.4 Å². The quantitative estimate of drug-likeness (QED) is 0.248. The summed E-state index contributed by atoms with van der Waals surface area (Å²) < 4.78 is 37.2. The Hall–Kier alpha value is -1.84. The van der Waals surface area contributed by atoms with Crippen molar-refractivity contribution < 1.29 is 17.8 Å². The van der Waals surface area contributed by atoms with E-state index in [1.54, 1.807) is 0 Å². The number of allylic oxidation sites excluding steroid dienone is 1. The van der Waals surface area contributed by atoms with Crippen LogP contribution in [0.3, 0.4) is 0 Å². The predicted molar refractivity (Wildman–Crippen MR) is 134 cm³/mol. The highest BCUT2D eigenvalue weighted by Gasteiger charge is 2.43. The molecule has 0 bridgehead atoms. The summed E-state index contributed by atoms with van der Waals surface area (Å²) in [5.41, 5.74) is 1.35.